The van der Waals surface area contributed by atoms with Crippen molar-refractivity contribution in [2.45, 2.75) is 44.9 Å². The summed E-state index contributed by atoms with van der Waals surface area (Å²) in [7, 11) is 0. The van der Waals surface area contributed by atoms with Gasteiger partial charge in [-0.1, -0.05) is 35.3 Å². The van der Waals surface area contributed by atoms with E-state index in [4.69, 9.17) is 37.8 Å². The molecule has 0 bridgehead atoms. The number of hydrogen-bond donors (Lipinski definition) is 2. The summed E-state index contributed by atoms with van der Waals surface area (Å²) in [5.74, 6) is -1.89. The van der Waals surface area contributed by atoms with E-state index in [9.17, 15) is 18.0 Å². The molecule has 0 saturated carbocycles. The van der Waals surface area contributed by atoms with Crippen molar-refractivity contribution >= 4 is 35.1 Å². The monoisotopic (exact) mass is 589 g/mol. The Balaban J connectivity index is 0.000000532. The average Bonchev–Trinajstić information content (AvgIpc) is 3.54. The van der Waals surface area contributed by atoms with Gasteiger partial charge in [0, 0.05) is 37.8 Å². The normalized spacial score (nSPS) is 17.9. The van der Waals surface area contributed by atoms with Crippen molar-refractivity contribution in [1.82, 2.24) is 15.1 Å². The molecule has 12 heteroatoms. The molecule has 2 heterocycles. The van der Waals surface area contributed by atoms with Gasteiger partial charge in [0.2, 0.25) is 0 Å². The molecular weight excluding hydrogens is 558 g/mol. The predicted octanol–water partition coefficient (Wildman–Crippen LogP) is 5.41. The van der Waals surface area contributed by atoms with Crippen molar-refractivity contribution in [3.63, 3.8) is 0 Å². The first-order chi connectivity index (χ1) is 18.4. The van der Waals surface area contributed by atoms with Gasteiger partial charge in [0.15, 0.2) is 0 Å². The maximum Gasteiger partial charge on any atom is 0.490 e. The number of carbonyl (C=O) groups is 2. The van der Waals surface area contributed by atoms with Gasteiger partial charge in [0.05, 0.1) is 10.0 Å². The third-order valence-electron chi connectivity index (χ3n) is 6.54. The quantitative estimate of drug-likeness (QED) is 0.428. The highest BCUT2D eigenvalue weighted by Crippen LogP contribution is 2.24. The van der Waals surface area contributed by atoms with E-state index in [1.54, 1.807) is 18.2 Å². The molecular formula is C27H32Cl2F3N3O4. The van der Waals surface area contributed by atoms with Crippen LogP contribution in [0.5, 0.6) is 5.75 Å². The number of halogens is 5. The number of ether oxygens (including phenoxy) is 1. The second-order valence-electron chi connectivity index (χ2n) is 9.62. The Morgan fingerprint density at radius 3 is 2.36 bits per heavy atom. The number of likely N-dealkylation sites (tertiary alicyclic amines) is 2. The van der Waals surface area contributed by atoms with Gasteiger partial charge < -0.3 is 15.2 Å². The lowest BCUT2D eigenvalue weighted by Crippen LogP contribution is -2.37. The number of amides is 1. The molecule has 0 radical (unpaired) electrons. The van der Waals surface area contributed by atoms with E-state index in [1.807, 2.05) is 0 Å². The topological polar surface area (TPSA) is 82.1 Å². The average molecular weight is 590 g/mol. The van der Waals surface area contributed by atoms with Crippen LogP contribution in [0.1, 0.15) is 40.7 Å². The Kier molecular flexibility index (Phi) is 11.3. The first kappa shape index (κ1) is 31.0. The molecule has 2 N–H and O–H groups in total. The van der Waals surface area contributed by atoms with E-state index >= 15 is 0 Å². The Labute approximate surface area is 235 Å². The first-order valence-electron chi connectivity index (χ1n) is 12.7. The van der Waals surface area contributed by atoms with E-state index in [2.05, 4.69) is 40.2 Å². The highest BCUT2D eigenvalue weighted by atomic mass is 35.5. The molecule has 0 unspecified atom stereocenters. The minimum Gasteiger partial charge on any atom is -0.492 e. The molecule has 2 aliphatic heterocycles. The zero-order valence-corrected chi connectivity index (χ0v) is 23.1. The van der Waals surface area contributed by atoms with Gasteiger partial charge in [-0.05, 0) is 74.7 Å². The van der Waals surface area contributed by atoms with Crippen molar-refractivity contribution in [2.75, 3.05) is 39.3 Å². The van der Waals surface area contributed by atoms with Crippen molar-refractivity contribution in [3.8, 4) is 5.75 Å². The molecule has 1 atom stereocenters. The van der Waals surface area contributed by atoms with Crippen molar-refractivity contribution in [2.24, 2.45) is 0 Å². The molecule has 2 fully saturated rings. The highest BCUT2D eigenvalue weighted by Gasteiger charge is 2.38. The number of alkyl halides is 3. The van der Waals surface area contributed by atoms with Crippen LogP contribution in [0, 0.1) is 6.92 Å². The molecule has 1 amide bonds. The number of nitrogens with zero attached hydrogens (tertiary/aromatic N) is 2. The van der Waals surface area contributed by atoms with Crippen LogP contribution >= 0.6 is 23.2 Å². The number of benzene rings is 2. The largest absolute Gasteiger partial charge is 0.492 e. The molecule has 7 nitrogen and oxygen atoms in total. The number of hydrogen-bond acceptors (Lipinski definition) is 5. The van der Waals surface area contributed by atoms with E-state index in [0.29, 0.717) is 15.6 Å². The van der Waals surface area contributed by atoms with E-state index < -0.39 is 12.1 Å². The lowest BCUT2D eigenvalue weighted by molar-refractivity contribution is -0.192. The van der Waals surface area contributed by atoms with Gasteiger partial charge in [-0.2, -0.15) is 13.2 Å². The number of aliphatic carboxylic acids is 1. The minimum absolute atomic E-state index is 0.110. The van der Waals surface area contributed by atoms with Crippen LogP contribution in [-0.4, -0.2) is 78.3 Å². The minimum atomic E-state index is -5.08. The van der Waals surface area contributed by atoms with Gasteiger partial charge in [-0.3, -0.25) is 14.6 Å². The zero-order chi connectivity index (χ0) is 28.6. The van der Waals surface area contributed by atoms with E-state index in [0.717, 1.165) is 45.0 Å². The van der Waals surface area contributed by atoms with Gasteiger partial charge >= 0.3 is 12.1 Å². The second kappa shape index (κ2) is 14.2. The summed E-state index contributed by atoms with van der Waals surface area (Å²) in [5.41, 5.74) is 2.98. The summed E-state index contributed by atoms with van der Waals surface area (Å²) < 4.78 is 37.8. The van der Waals surface area contributed by atoms with E-state index in [-0.39, 0.29) is 11.9 Å². The molecule has 2 aliphatic rings. The van der Waals surface area contributed by atoms with E-state index in [1.165, 1.54) is 37.1 Å². The van der Waals surface area contributed by atoms with Crippen LogP contribution in [0.4, 0.5) is 13.2 Å². The van der Waals surface area contributed by atoms with Crippen LogP contribution in [-0.2, 0) is 11.3 Å². The Hall–Kier alpha value is -2.53. The highest BCUT2D eigenvalue weighted by molar-refractivity contribution is 6.42. The molecule has 39 heavy (non-hydrogen) atoms. The van der Waals surface area contributed by atoms with Gasteiger partial charge in [0.25, 0.3) is 5.91 Å². The van der Waals surface area contributed by atoms with Crippen LogP contribution in [0.25, 0.3) is 0 Å². The summed E-state index contributed by atoms with van der Waals surface area (Å²) in [4.78, 5) is 26.3. The number of rotatable bonds is 8. The lowest BCUT2D eigenvalue weighted by Gasteiger charge is -2.19. The summed E-state index contributed by atoms with van der Waals surface area (Å²) in [6.07, 6.45) is -1.53. The molecule has 2 saturated heterocycles. The van der Waals surface area contributed by atoms with Gasteiger partial charge in [-0.25, -0.2) is 4.79 Å². The number of carboxylic acid groups (broad SMARTS) is 1. The smallest absolute Gasteiger partial charge is 0.490 e. The van der Waals surface area contributed by atoms with Gasteiger partial charge in [0.1, 0.15) is 12.4 Å². The molecule has 0 aromatic heterocycles. The van der Waals surface area contributed by atoms with Crippen LogP contribution in [0.2, 0.25) is 10.0 Å². The predicted molar refractivity (Wildman–Crippen MR) is 144 cm³/mol. The number of carbonyl (C=O) groups excluding carboxylic acids is 1. The number of aryl methyl sites for hydroxylation is 1. The second-order valence-corrected chi connectivity index (χ2v) is 10.4. The van der Waals surface area contributed by atoms with Crippen molar-refractivity contribution < 1.29 is 32.6 Å². The number of carboxylic acids is 1. The molecule has 0 spiro atoms. The summed E-state index contributed by atoms with van der Waals surface area (Å²) in [6, 6.07) is 11.6. The standard InChI is InChI=1S/C25H31Cl2N3O2.C2HF3O2/c1-18-14-19(4-7-24(18)32-13-12-29-9-2-3-10-29)16-30-11-8-21(17-30)28-25(31)20-5-6-22(26)23(27)15-20;3-2(4,5)1(6)7/h4-7,14-15,21H,2-3,8-13,16-17H2,1H3,(H,28,31);(H,6,7)/t21-;/m0./s1. The maximum atomic E-state index is 12.5. The fourth-order valence-electron chi connectivity index (χ4n) is 4.52. The zero-order valence-electron chi connectivity index (χ0n) is 21.6. The van der Waals surface area contributed by atoms with Crippen molar-refractivity contribution in [1.29, 1.82) is 0 Å². The fraction of sp³-hybridized carbons (Fsp3) is 0.481. The van der Waals surface area contributed by atoms with Crippen molar-refractivity contribution in [3.05, 3.63) is 63.1 Å². The third kappa shape index (κ3) is 9.86. The third-order valence-corrected chi connectivity index (χ3v) is 7.28. The summed E-state index contributed by atoms with van der Waals surface area (Å²) >= 11 is 12.0. The summed E-state index contributed by atoms with van der Waals surface area (Å²) in [5, 5.41) is 11.1. The molecule has 2 aromatic carbocycles. The Morgan fingerprint density at radius 1 is 1.05 bits per heavy atom. The van der Waals surface area contributed by atoms with Gasteiger partial charge in [-0.15, -0.1) is 0 Å². The Morgan fingerprint density at radius 2 is 1.74 bits per heavy atom. The lowest BCUT2D eigenvalue weighted by atomic mass is 10.1. The Bertz CT molecular complexity index is 1140. The van der Waals surface area contributed by atoms with Crippen LogP contribution in [0.3, 0.4) is 0 Å². The van der Waals surface area contributed by atoms with Crippen LogP contribution in [0.15, 0.2) is 36.4 Å². The molecule has 2 aromatic rings. The molecule has 4 rings (SSSR count). The maximum absolute atomic E-state index is 12.5. The SMILES string of the molecule is Cc1cc(CN2CC[C@H](NC(=O)c3ccc(Cl)c(Cl)c3)C2)ccc1OCCN1CCCC1.O=C(O)C(F)(F)F. The molecule has 0 aliphatic carbocycles. The summed E-state index contributed by atoms with van der Waals surface area (Å²) in [6.45, 7) is 8.92. The fourth-order valence-corrected chi connectivity index (χ4v) is 4.82. The first-order valence-corrected chi connectivity index (χ1v) is 13.4. The molecule has 214 valence electrons. The van der Waals surface area contributed by atoms with Crippen LogP contribution < -0.4 is 10.1 Å². The number of nitrogens with one attached hydrogen (secondary N) is 1.